The highest BCUT2D eigenvalue weighted by atomic mass is 16.6. The zero-order valence-electron chi connectivity index (χ0n) is 14.3. The van der Waals surface area contributed by atoms with Crippen LogP contribution >= 0.6 is 0 Å². The van der Waals surface area contributed by atoms with E-state index in [2.05, 4.69) is 15.5 Å². The fraction of sp³-hybridized carbons (Fsp3) is 0.471. The molecule has 1 saturated heterocycles. The Morgan fingerprint density at radius 3 is 2.56 bits per heavy atom. The van der Waals surface area contributed by atoms with Crippen molar-refractivity contribution < 1.29 is 19.0 Å². The summed E-state index contributed by atoms with van der Waals surface area (Å²) >= 11 is 0. The summed E-state index contributed by atoms with van der Waals surface area (Å²) in [5, 5.41) is 10.5. The number of ether oxygens (including phenoxy) is 3. The molecule has 0 saturated carbocycles. The van der Waals surface area contributed by atoms with Crippen LogP contribution in [0, 0.1) is 5.92 Å². The first kappa shape index (κ1) is 17.5. The normalized spacial score (nSPS) is 23.4. The van der Waals surface area contributed by atoms with Crippen LogP contribution in [-0.2, 0) is 14.2 Å². The first-order valence-electron chi connectivity index (χ1n) is 8.09. The molecule has 1 aliphatic rings. The summed E-state index contributed by atoms with van der Waals surface area (Å²) < 4.78 is 18.2. The molecule has 2 aromatic rings. The minimum atomic E-state index is -0.135. The van der Waals surface area contributed by atoms with Crippen molar-refractivity contribution in [1.29, 1.82) is 0 Å². The van der Waals surface area contributed by atoms with E-state index >= 15 is 0 Å². The topological polar surface area (TPSA) is 87.5 Å². The van der Waals surface area contributed by atoms with Gasteiger partial charge in [0.15, 0.2) is 0 Å². The molecule has 3 rings (SSSR count). The van der Waals surface area contributed by atoms with Gasteiger partial charge in [-0.05, 0) is 24.3 Å². The Hall–Kier alpha value is -2.29. The zero-order valence-corrected chi connectivity index (χ0v) is 14.3. The molecule has 8 nitrogen and oxygen atoms in total. The SMILES string of the molecule is CO[C@H]1[C@H](CNC(=O)c2ccc(-n3cnnc3)cc2)COC[C@H]1OC. The summed E-state index contributed by atoms with van der Waals surface area (Å²) in [5.74, 6) is -0.0892. The van der Waals surface area contributed by atoms with Gasteiger partial charge >= 0.3 is 0 Å². The number of nitrogens with one attached hydrogen (secondary N) is 1. The largest absolute Gasteiger partial charge is 0.378 e. The van der Waals surface area contributed by atoms with E-state index in [0.717, 1.165) is 5.69 Å². The van der Waals surface area contributed by atoms with Gasteiger partial charge in [-0.15, -0.1) is 10.2 Å². The summed E-state index contributed by atoms with van der Waals surface area (Å²) in [5.41, 5.74) is 1.48. The Balaban J connectivity index is 1.58. The van der Waals surface area contributed by atoms with Crippen LogP contribution in [0.3, 0.4) is 0 Å². The molecule has 1 aromatic heterocycles. The summed E-state index contributed by atoms with van der Waals surface area (Å²) in [4.78, 5) is 12.4. The predicted octanol–water partition coefficient (Wildman–Crippen LogP) is 0.673. The van der Waals surface area contributed by atoms with Crippen molar-refractivity contribution in [3.05, 3.63) is 42.5 Å². The fourth-order valence-corrected chi connectivity index (χ4v) is 3.00. The third kappa shape index (κ3) is 4.04. The number of nitrogens with zero attached hydrogens (tertiary/aromatic N) is 3. The third-order valence-corrected chi connectivity index (χ3v) is 4.39. The zero-order chi connectivity index (χ0) is 17.6. The van der Waals surface area contributed by atoms with Crippen LogP contribution in [-0.4, -0.2) is 66.9 Å². The van der Waals surface area contributed by atoms with E-state index < -0.39 is 0 Å². The fourth-order valence-electron chi connectivity index (χ4n) is 3.00. The molecule has 25 heavy (non-hydrogen) atoms. The summed E-state index contributed by atoms with van der Waals surface area (Å²) in [7, 11) is 3.29. The van der Waals surface area contributed by atoms with Crippen molar-refractivity contribution >= 4 is 5.91 Å². The van der Waals surface area contributed by atoms with Crippen molar-refractivity contribution in [1.82, 2.24) is 20.1 Å². The number of benzene rings is 1. The van der Waals surface area contributed by atoms with Crippen LogP contribution in [0.25, 0.3) is 5.69 Å². The number of hydrogen-bond donors (Lipinski definition) is 1. The average Bonchev–Trinajstić information content (AvgIpc) is 3.20. The second-order valence-corrected chi connectivity index (χ2v) is 5.90. The molecular weight excluding hydrogens is 324 g/mol. The maximum atomic E-state index is 12.4. The summed E-state index contributed by atoms with van der Waals surface area (Å²) in [6, 6.07) is 7.24. The molecule has 2 heterocycles. The maximum Gasteiger partial charge on any atom is 0.251 e. The van der Waals surface area contributed by atoms with Crippen molar-refractivity contribution in [2.45, 2.75) is 12.2 Å². The number of amides is 1. The van der Waals surface area contributed by atoms with Crippen molar-refractivity contribution in [3.8, 4) is 5.69 Å². The molecule has 1 fully saturated rings. The van der Waals surface area contributed by atoms with Gasteiger partial charge < -0.3 is 19.5 Å². The molecule has 1 aromatic carbocycles. The van der Waals surface area contributed by atoms with Gasteiger partial charge in [0.25, 0.3) is 5.91 Å². The summed E-state index contributed by atoms with van der Waals surface area (Å²) in [6.07, 6.45) is 2.99. The van der Waals surface area contributed by atoms with Crippen molar-refractivity contribution in [2.75, 3.05) is 34.0 Å². The first-order valence-corrected chi connectivity index (χ1v) is 8.09. The monoisotopic (exact) mass is 346 g/mol. The highest BCUT2D eigenvalue weighted by molar-refractivity contribution is 5.94. The molecular formula is C17H22N4O4. The Bertz CT molecular complexity index is 674. The van der Waals surface area contributed by atoms with E-state index in [-0.39, 0.29) is 24.0 Å². The lowest BCUT2D eigenvalue weighted by Gasteiger charge is -2.36. The van der Waals surface area contributed by atoms with Gasteiger partial charge in [-0.3, -0.25) is 9.36 Å². The van der Waals surface area contributed by atoms with E-state index in [1.165, 1.54) is 0 Å². The van der Waals surface area contributed by atoms with Crippen LogP contribution in [0.1, 0.15) is 10.4 Å². The molecule has 0 aliphatic carbocycles. The second kappa shape index (κ2) is 8.19. The standard InChI is InChI=1S/C17H22N4O4/c1-23-15-9-25-8-13(16(15)24-2)7-18-17(22)12-3-5-14(6-4-12)21-10-19-20-11-21/h3-6,10-11,13,15-16H,7-9H2,1-2H3,(H,18,22)/t13-,15-,16+/m1/s1. The van der Waals surface area contributed by atoms with Crippen LogP contribution in [0.5, 0.6) is 0 Å². The van der Waals surface area contributed by atoms with Gasteiger partial charge in [0.05, 0.1) is 19.3 Å². The number of aromatic nitrogens is 3. The second-order valence-electron chi connectivity index (χ2n) is 5.90. The van der Waals surface area contributed by atoms with E-state index in [9.17, 15) is 4.79 Å². The lowest BCUT2D eigenvalue weighted by atomic mass is 9.96. The Morgan fingerprint density at radius 2 is 1.92 bits per heavy atom. The molecule has 0 bridgehead atoms. The van der Waals surface area contributed by atoms with Crippen LogP contribution in [0.2, 0.25) is 0 Å². The quantitative estimate of drug-likeness (QED) is 0.827. The average molecular weight is 346 g/mol. The van der Waals surface area contributed by atoms with E-state index in [4.69, 9.17) is 14.2 Å². The van der Waals surface area contributed by atoms with Crippen molar-refractivity contribution in [3.63, 3.8) is 0 Å². The Kier molecular flexibility index (Phi) is 5.75. The molecule has 3 atom stereocenters. The highest BCUT2D eigenvalue weighted by Gasteiger charge is 2.34. The van der Waals surface area contributed by atoms with E-state index in [1.807, 2.05) is 12.1 Å². The van der Waals surface area contributed by atoms with Gasteiger partial charge in [0, 0.05) is 37.9 Å². The molecule has 0 unspecified atom stereocenters. The predicted molar refractivity (Wildman–Crippen MR) is 89.6 cm³/mol. The first-order chi connectivity index (χ1) is 12.2. The van der Waals surface area contributed by atoms with Crippen LogP contribution in [0.4, 0.5) is 0 Å². The van der Waals surface area contributed by atoms with Crippen LogP contribution < -0.4 is 5.32 Å². The van der Waals surface area contributed by atoms with Crippen molar-refractivity contribution in [2.24, 2.45) is 5.92 Å². The van der Waals surface area contributed by atoms with Crippen LogP contribution in [0.15, 0.2) is 36.9 Å². The minimum absolute atomic E-state index is 0.0453. The molecule has 134 valence electrons. The lowest BCUT2D eigenvalue weighted by Crippen LogP contribution is -2.50. The Morgan fingerprint density at radius 1 is 1.20 bits per heavy atom. The van der Waals surface area contributed by atoms with Gasteiger partial charge in [-0.1, -0.05) is 0 Å². The number of carbonyl (C=O) groups is 1. The highest BCUT2D eigenvalue weighted by Crippen LogP contribution is 2.20. The van der Waals surface area contributed by atoms with E-state index in [0.29, 0.717) is 25.3 Å². The molecule has 0 spiro atoms. The molecule has 1 aliphatic heterocycles. The third-order valence-electron chi connectivity index (χ3n) is 4.39. The van der Waals surface area contributed by atoms with Gasteiger partial charge in [-0.2, -0.15) is 0 Å². The summed E-state index contributed by atoms with van der Waals surface area (Å²) in [6.45, 7) is 1.50. The minimum Gasteiger partial charge on any atom is -0.378 e. The van der Waals surface area contributed by atoms with Gasteiger partial charge in [0.1, 0.15) is 18.8 Å². The molecule has 1 N–H and O–H groups in total. The van der Waals surface area contributed by atoms with E-state index in [1.54, 1.807) is 43.6 Å². The van der Waals surface area contributed by atoms with Gasteiger partial charge in [0.2, 0.25) is 0 Å². The number of carbonyl (C=O) groups excluding carboxylic acids is 1. The lowest BCUT2D eigenvalue weighted by molar-refractivity contribution is -0.145. The maximum absolute atomic E-state index is 12.4. The molecule has 8 heteroatoms. The number of hydrogen-bond acceptors (Lipinski definition) is 6. The molecule has 0 radical (unpaired) electrons. The van der Waals surface area contributed by atoms with Gasteiger partial charge in [-0.25, -0.2) is 0 Å². The number of methoxy groups -OCH3 is 2. The Labute approximate surface area is 146 Å². The molecule has 1 amide bonds. The number of rotatable bonds is 6. The smallest absolute Gasteiger partial charge is 0.251 e.